The number of nitrogens with one attached hydrogen (secondary N) is 2. The molecule has 1 amide bonds. The van der Waals surface area contributed by atoms with Gasteiger partial charge in [0.25, 0.3) is 5.56 Å². The highest BCUT2D eigenvalue weighted by atomic mass is 32.2. The molecule has 1 aromatic carbocycles. The molecule has 0 spiro atoms. The summed E-state index contributed by atoms with van der Waals surface area (Å²) in [7, 11) is 0. The molecule has 1 saturated carbocycles. The van der Waals surface area contributed by atoms with Crippen LogP contribution >= 0.6 is 11.8 Å². The van der Waals surface area contributed by atoms with Crippen molar-refractivity contribution >= 4 is 23.5 Å². The molecule has 1 aliphatic heterocycles. The van der Waals surface area contributed by atoms with Gasteiger partial charge in [-0.05, 0) is 25.3 Å². The average molecular weight is 343 g/mol. The predicted octanol–water partition coefficient (Wildman–Crippen LogP) is 3.37. The molecule has 4 rings (SSSR count). The molecular formula is C18H21N3O2S. The van der Waals surface area contributed by atoms with E-state index in [1.807, 2.05) is 11.6 Å². The Hall–Kier alpha value is -1.95. The highest BCUT2D eigenvalue weighted by Crippen LogP contribution is 2.41. The normalized spacial score (nSPS) is 21.4. The Labute approximate surface area is 144 Å². The van der Waals surface area contributed by atoms with E-state index in [1.54, 1.807) is 0 Å². The first-order valence-corrected chi connectivity index (χ1v) is 9.51. The van der Waals surface area contributed by atoms with Crippen LogP contribution in [-0.2, 0) is 4.79 Å². The first-order chi connectivity index (χ1) is 11.6. The van der Waals surface area contributed by atoms with Crippen molar-refractivity contribution in [2.45, 2.75) is 43.9 Å². The summed E-state index contributed by atoms with van der Waals surface area (Å²) in [5, 5.41) is 5.84. The summed E-state index contributed by atoms with van der Waals surface area (Å²) < 4.78 is 1.91. The molecular weight excluding hydrogens is 322 g/mol. The van der Waals surface area contributed by atoms with Crippen LogP contribution in [0.5, 0.6) is 0 Å². The number of aryl methyl sites for hydroxylation is 1. The molecule has 0 bridgehead atoms. The Bertz CT molecular complexity index is 816. The van der Waals surface area contributed by atoms with Gasteiger partial charge in [-0.15, -0.1) is 11.8 Å². The number of nitrogens with zero attached hydrogens (tertiary/aromatic N) is 1. The van der Waals surface area contributed by atoms with Gasteiger partial charge in [0.2, 0.25) is 5.91 Å². The number of aromatic amines is 1. The summed E-state index contributed by atoms with van der Waals surface area (Å²) in [6, 6.07) is 8.50. The first kappa shape index (κ1) is 15.6. The lowest BCUT2D eigenvalue weighted by atomic mass is 10.0. The van der Waals surface area contributed by atoms with Crippen LogP contribution in [-0.4, -0.2) is 21.4 Å². The Morgan fingerprint density at radius 1 is 1.12 bits per heavy atom. The molecule has 1 atom stereocenters. The summed E-state index contributed by atoms with van der Waals surface area (Å²) in [5.41, 5.74) is 2.85. The van der Waals surface area contributed by atoms with Crippen LogP contribution in [0.4, 0.5) is 5.82 Å². The molecule has 2 heterocycles. The topological polar surface area (TPSA) is 66.9 Å². The van der Waals surface area contributed by atoms with Crippen molar-refractivity contribution in [1.29, 1.82) is 0 Å². The fourth-order valence-corrected chi connectivity index (χ4v) is 4.81. The first-order valence-electron chi connectivity index (χ1n) is 8.46. The lowest BCUT2D eigenvalue weighted by molar-refractivity contribution is -0.113. The van der Waals surface area contributed by atoms with Gasteiger partial charge in [0.05, 0.1) is 22.6 Å². The molecule has 6 heteroatoms. The molecule has 24 heavy (non-hydrogen) atoms. The van der Waals surface area contributed by atoms with E-state index in [1.165, 1.54) is 30.2 Å². The SMILES string of the molecule is Cc1ccc([C@@H]2SCC(=O)Nc3c2c(=O)[nH]n3C2CCCC2)cc1. The quantitative estimate of drug-likeness (QED) is 0.878. The second-order valence-corrected chi connectivity index (χ2v) is 7.75. The number of carbonyl (C=O) groups is 1. The average Bonchev–Trinajstić information content (AvgIpc) is 3.15. The van der Waals surface area contributed by atoms with Gasteiger partial charge in [-0.2, -0.15) is 0 Å². The summed E-state index contributed by atoms with van der Waals surface area (Å²) in [6.45, 7) is 2.05. The van der Waals surface area contributed by atoms with Crippen molar-refractivity contribution in [2.24, 2.45) is 0 Å². The molecule has 1 aliphatic carbocycles. The smallest absolute Gasteiger partial charge is 0.270 e. The van der Waals surface area contributed by atoms with Crippen LogP contribution in [0.25, 0.3) is 0 Å². The van der Waals surface area contributed by atoms with E-state index in [0.717, 1.165) is 18.4 Å². The molecule has 2 N–H and O–H groups in total. The van der Waals surface area contributed by atoms with Crippen molar-refractivity contribution in [3.05, 3.63) is 51.3 Å². The standard InChI is InChI=1S/C18H21N3O2S/c1-11-6-8-12(9-7-11)16-15-17(19-14(22)10-24-16)21(20-18(15)23)13-4-2-3-5-13/h6-9,13,16H,2-5,10H2,1H3,(H,19,22)(H,20,23)/t16-/m0/s1. The lowest BCUT2D eigenvalue weighted by Gasteiger charge is -2.16. The summed E-state index contributed by atoms with van der Waals surface area (Å²) in [4.78, 5) is 24.9. The molecule has 0 radical (unpaired) electrons. The van der Waals surface area contributed by atoms with E-state index < -0.39 is 0 Å². The van der Waals surface area contributed by atoms with Crippen molar-refractivity contribution in [1.82, 2.24) is 9.78 Å². The Kier molecular flexibility index (Phi) is 4.00. The van der Waals surface area contributed by atoms with Crippen LogP contribution in [0.3, 0.4) is 0 Å². The number of carbonyl (C=O) groups excluding carboxylic acids is 1. The molecule has 0 saturated heterocycles. The van der Waals surface area contributed by atoms with Gasteiger partial charge in [-0.1, -0.05) is 42.7 Å². The lowest BCUT2D eigenvalue weighted by Crippen LogP contribution is -2.18. The van der Waals surface area contributed by atoms with E-state index in [4.69, 9.17) is 0 Å². The molecule has 1 fully saturated rings. The maximum Gasteiger partial charge on any atom is 0.270 e. The van der Waals surface area contributed by atoms with Crippen molar-refractivity contribution in [3.63, 3.8) is 0 Å². The van der Waals surface area contributed by atoms with Crippen molar-refractivity contribution in [2.75, 3.05) is 11.1 Å². The highest BCUT2D eigenvalue weighted by Gasteiger charge is 2.32. The third kappa shape index (κ3) is 2.69. The Morgan fingerprint density at radius 3 is 2.54 bits per heavy atom. The van der Waals surface area contributed by atoms with Crippen LogP contribution in [0.15, 0.2) is 29.1 Å². The van der Waals surface area contributed by atoms with E-state index >= 15 is 0 Å². The number of rotatable bonds is 2. The minimum absolute atomic E-state index is 0.0402. The molecule has 126 valence electrons. The summed E-state index contributed by atoms with van der Waals surface area (Å²) in [6.07, 6.45) is 4.44. The number of thioether (sulfide) groups is 1. The number of aromatic nitrogens is 2. The second-order valence-electron chi connectivity index (χ2n) is 6.66. The van der Waals surface area contributed by atoms with Gasteiger partial charge in [0.15, 0.2) is 0 Å². The number of anilines is 1. The number of amides is 1. The highest BCUT2D eigenvalue weighted by molar-refractivity contribution is 8.00. The van der Waals surface area contributed by atoms with Crippen molar-refractivity contribution < 1.29 is 4.79 Å². The van der Waals surface area contributed by atoms with E-state index in [9.17, 15) is 9.59 Å². The fourth-order valence-electron chi connectivity index (χ4n) is 3.68. The van der Waals surface area contributed by atoms with Crippen LogP contribution in [0.2, 0.25) is 0 Å². The van der Waals surface area contributed by atoms with E-state index in [0.29, 0.717) is 17.1 Å². The number of benzene rings is 1. The molecule has 0 unspecified atom stereocenters. The van der Waals surface area contributed by atoms with Gasteiger partial charge in [0, 0.05) is 0 Å². The maximum atomic E-state index is 12.7. The zero-order valence-corrected chi connectivity index (χ0v) is 14.5. The monoisotopic (exact) mass is 343 g/mol. The third-order valence-electron chi connectivity index (χ3n) is 4.93. The maximum absolute atomic E-state index is 12.7. The fraction of sp³-hybridized carbons (Fsp3) is 0.444. The number of hydrogen-bond acceptors (Lipinski definition) is 3. The van der Waals surface area contributed by atoms with Gasteiger partial charge >= 0.3 is 0 Å². The molecule has 2 aromatic rings. The predicted molar refractivity (Wildman–Crippen MR) is 96.7 cm³/mol. The summed E-state index contributed by atoms with van der Waals surface area (Å²) >= 11 is 1.52. The summed E-state index contributed by atoms with van der Waals surface area (Å²) in [5.74, 6) is 0.992. The van der Waals surface area contributed by atoms with E-state index in [-0.39, 0.29) is 22.8 Å². The number of H-pyrrole nitrogens is 1. The number of hydrogen-bond donors (Lipinski definition) is 2. The molecule has 5 nitrogen and oxygen atoms in total. The van der Waals surface area contributed by atoms with Crippen LogP contribution in [0.1, 0.15) is 53.7 Å². The minimum Gasteiger partial charge on any atom is -0.310 e. The van der Waals surface area contributed by atoms with E-state index in [2.05, 4.69) is 34.7 Å². The Morgan fingerprint density at radius 2 is 1.83 bits per heavy atom. The van der Waals surface area contributed by atoms with Gasteiger partial charge in [-0.3, -0.25) is 19.4 Å². The third-order valence-corrected chi connectivity index (χ3v) is 6.20. The second kappa shape index (κ2) is 6.16. The van der Waals surface area contributed by atoms with Gasteiger partial charge in [0.1, 0.15) is 5.82 Å². The Balaban J connectivity index is 1.83. The minimum atomic E-state index is -0.119. The number of fused-ring (bicyclic) bond motifs is 1. The zero-order valence-electron chi connectivity index (χ0n) is 13.7. The van der Waals surface area contributed by atoms with Gasteiger partial charge < -0.3 is 5.32 Å². The zero-order chi connectivity index (χ0) is 16.7. The van der Waals surface area contributed by atoms with Crippen LogP contribution in [0, 0.1) is 6.92 Å². The largest absolute Gasteiger partial charge is 0.310 e. The van der Waals surface area contributed by atoms with Crippen LogP contribution < -0.4 is 10.9 Å². The van der Waals surface area contributed by atoms with Crippen molar-refractivity contribution in [3.8, 4) is 0 Å². The molecule has 1 aromatic heterocycles. The van der Waals surface area contributed by atoms with Gasteiger partial charge in [-0.25, -0.2) is 0 Å². The molecule has 2 aliphatic rings.